The summed E-state index contributed by atoms with van der Waals surface area (Å²) >= 11 is 0. The third-order valence-corrected chi connectivity index (χ3v) is 6.54. The maximum absolute atomic E-state index is 13.1. The maximum atomic E-state index is 13.1. The smallest absolute Gasteiger partial charge is 0.264 e. The molecule has 1 spiro atoms. The number of amides is 4. The summed E-state index contributed by atoms with van der Waals surface area (Å²) in [4.78, 5) is 52.7. The van der Waals surface area contributed by atoms with Gasteiger partial charge in [-0.3, -0.25) is 29.4 Å². The number of aliphatic hydroxyl groups is 1. The number of nitrogens with one attached hydrogen (secondary N) is 1. The molecule has 0 bridgehead atoms. The molecule has 2 N–H and O–H groups in total. The van der Waals surface area contributed by atoms with Gasteiger partial charge in [0.1, 0.15) is 6.04 Å². The first kappa shape index (κ1) is 17.4. The lowest BCUT2D eigenvalue weighted by atomic mass is 9.58. The van der Waals surface area contributed by atoms with Crippen LogP contribution in [0, 0.1) is 11.3 Å². The molecule has 8 nitrogen and oxygen atoms in total. The monoisotopic (exact) mass is 383 g/mol. The van der Waals surface area contributed by atoms with Gasteiger partial charge in [0.05, 0.1) is 16.8 Å². The van der Waals surface area contributed by atoms with Crippen LogP contribution in [0.1, 0.15) is 46.4 Å². The zero-order valence-corrected chi connectivity index (χ0v) is 15.3. The van der Waals surface area contributed by atoms with Crippen LogP contribution in [0.25, 0.3) is 0 Å². The molecule has 1 aromatic rings. The van der Waals surface area contributed by atoms with Crippen molar-refractivity contribution in [3.63, 3.8) is 0 Å². The predicted molar refractivity (Wildman–Crippen MR) is 97.6 cm³/mol. The van der Waals surface area contributed by atoms with Crippen LogP contribution in [-0.4, -0.2) is 59.4 Å². The number of carbonyl (C=O) groups is 4. The van der Waals surface area contributed by atoms with E-state index in [-0.39, 0.29) is 30.8 Å². The van der Waals surface area contributed by atoms with Gasteiger partial charge < -0.3 is 10.0 Å². The lowest BCUT2D eigenvalue weighted by molar-refractivity contribution is -0.136. The molecule has 0 radical (unpaired) electrons. The molecule has 3 heterocycles. The lowest BCUT2D eigenvalue weighted by Gasteiger charge is -2.60. The largest absolute Gasteiger partial charge is 0.396 e. The van der Waals surface area contributed by atoms with Crippen LogP contribution in [0.5, 0.6) is 0 Å². The number of piperidine rings is 1. The Hall–Kier alpha value is -2.74. The Kier molecular flexibility index (Phi) is 3.64. The van der Waals surface area contributed by atoms with Gasteiger partial charge in [-0.05, 0) is 37.3 Å². The number of imide groups is 2. The second-order valence-corrected chi connectivity index (χ2v) is 8.46. The molecule has 1 atom stereocenters. The number of nitrogens with zero attached hydrogens (tertiary/aromatic N) is 2. The summed E-state index contributed by atoms with van der Waals surface area (Å²) in [6.45, 7) is 1.83. The Morgan fingerprint density at radius 1 is 1.11 bits per heavy atom. The number of hydrogen-bond donors (Lipinski definition) is 2. The molecule has 0 aromatic heterocycles. The number of aliphatic hydroxyl groups excluding tert-OH is 1. The van der Waals surface area contributed by atoms with E-state index in [4.69, 9.17) is 0 Å². The molecule has 1 unspecified atom stereocenters. The van der Waals surface area contributed by atoms with Crippen LogP contribution >= 0.6 is 0 Å². The number of carbonyl (C=O) groups excluding carboxylic acids is 4. The Morgan fingerprint density at radius 3 is 2.54 bits per heavy atom. The molecule has 4 aliphatic rings. The molecule has 1 aromatic carbocycles. The van der Waals surface area contributed by atoms with Gasteiger partial charge in [-0.1, -0.05) is 6.07 Å². The van der Waals surface area contributed by atoms with E-state index >= 15 is 0 Å². The van der Waals surface area contributed by atoms with Crippen LogP contribution < -0.4 is 10.2 Å². The zero-order chi connectivity index (χ0) is 19.6. The third kappa shape index (κ3) is 2.33. The second kappa shape index (κ2) is 5.88. The summed E-state index contributed by atoms with van der Waals surface area (Å²) in [7, 11) is 0. The zero-order valence-electron chi connectivity index (χ0n) is 15.3. The average molecular weight is 383 g/mol. The van der Waals surface area contributed by atoms with Crippen LogP contribution in [0.4, 0.5) is 5.69 Å². The number of anilines is 1. The Balaban J connectivity index is 1.40. The first-order chi connectivity index (χ1) is 13.4. The van der Waals surface area contributed by atoms with Crippen molar-refractivity contribution in [1.29, 1.82) is 0 Å². The fourth-order valence-corrected chi connectivity index (χ4v) is 5.25. The van der Waals surface area contributed by atoms with Crippen LogP contribution in [0.15, 0.2) is 18.2 Å². The fraction of sp³-hybridized carbons (Fsp3) is 0.500. The van der Waals surface area contributed by atoms with Gasteiger partial charge in [0.25, 0.3) is 11.8 Å². The molecule has 146 valence electrons. The predicted octanol–water partition coefficient (Wildman–Crippen LogP) is 0.296. The van der Waals surface area contributed by atoms with Crippen molar-refractivity contribution in [2.45, 2.75) is 31.7 Å². The minimum absolute atomic E-state index is 0.108. The normalized spacial score (nSPS) is 26.2. The molecular formula is C20H21N3O5. The van der Waals surface area contributed by atoms with Crippen LogP contribution in [0.3, 0.4) is 0 Å². The van der Waals surface area contributed by atoms with Crippen molar-refractivity contribution in [3.8, 4) is 0 Å². The molecule has 4 amide bonds. The van der Waals surface area contributed by atoms with E-state index in [0.29, 0.717) is 17.0 Å². The van der Waals surface area contributed by atoms with Gasteiger partial charge in [0.15, 0.2) is 0 Å². The van der Waals surface area contributed by atoms with Gasteiger partial charge in [-0.2, -0.15) is 0 Å². The standard InChI is InChI=1S/C20H21N3O5/c24-8-11-6-20(7-11)9-22(10-20)13-3-1-2-12-16(13)19(28)23(18(12)27)14-4-5-15(25)21-17(14)26/h1-3,11,14,24H,4-10H2,(H,21,25,26). The minimum atomic E-state index is -0.947. The second-order valence-electron chi connectivity index (χ2n) is 8.46. The van der Waals surface area contributed by atoms with E-state index in [1.807, 2.05) is 6.07 Å². The van der Waals surface area contributed by atoms with Gasteiger partial charge >= 0.3 is 0 Å². The molecule has 5 rings (SSSR count). The fourth-order valence-electron chi connectivity index (χ4n) is 5.25. The van der Waals surface area contributed by atoms with Crippen molar-refractivity contribution >= 4 is 29.3 Å². The Bertz CT molecular complexity index is 912. The van der Waals surface area contributed by atoms with Crippen molar-refractivity contribution in [3.05, 3.63) is 29.3 Å². The van der Waals surface area contributed by atoms with Crippen molar-refractivity contribution in [2.24, 2.45) is 11.3 Å². The van der Waals surface area contributed by atoms with Gasteiger partial charge in [0, 0.05) is 31.5 Å². The first-order valence-corrected chi connectivity index (χ1v) is 9.63. The van der Waals surface area contributed by atoms with E-state index in [1.165, 1.54) is 0 Å². The molecule has 3 aliphatic heterocycles. The number of hydrogen-bond acceptors (Lipinski definition) is 6. The minimum Gasteiger partial charge on any atom is -0.396 e. The maximum Gasteiger partial charge on any atom is 0.264 e. The highest BCUT2D eigenvalue weighted by Crippen LogP contribution is 2.53. The van der Waals surface area contributed by atoms with Gasteiger partial charge in [0.2, 0.25) is 11.8 Å². The summed E-state index contributed by atoms with van der Waals surface area (Å²) in [5, 5.41) is 11.5. The van der Waals surface area contributed by atoms with Crippen molar-refractivity contribution in [1.82, 2.24) is 10.2 Å². The molecule has 1 aliphatic carbocycles. The van der Waals surface area contributed by atoms with Gasteiger partial charge in [-0.25, -0.2) is 0 Å². The SMILES string of the molecule is O=C1CCC(N2C(=O)c3cccc(N4CC5(CC(CO)C5)C4)c3C2=O)C(=O)N1. The highest BCUT2D eigenvalue weighted by molar-refractivity contribution is 6.25. The number of rotatable bonds is 3. The average Bonchev–Trinajstić information content (AvgIpc) is 2.85. The topological polar surface area (TPSA) is 107 Å². The number of fused-ring (bicyclic) bond motifs is 1. The Morgan fingerprint density at radius 2 is 1.86 bits per heavy atom. The lowest BCUT2D eigenvalue weighted by Crippen LogP contribution is -2.63. The van der Waals surface area contributed by atoms with E-state index in [1.54, 1.807) is 12.1 Å². The van der Waals surface area contributed by atoms with E-state index in [9.17, 15) is 24.3 Å². The molecule has 1 saturated carbocycles. The molecule has 2 saturated heterocycles. The van der Waals surface area contributed by atoms with Gasteiger partial charge in [-0.15, -0.1) is 0 Å². The highest BCUT2D eigenvalue weighted by Gasteiger charge is 2.53. The molecule has 3 fully saturated rings. The summed E-state index contributed by atoms with van der Waals surface area (Å²) in [6.07, 6.45) is 2.24. The quantitative estimate of drug-likeness (QED) is 0.727. The molecule has 8 heteroatoms. The molecule has 28 heavy (non-hydrogen) atoms. The highest BCUT2D eigenvalue weighted by atomic mass is 16.3. The van der Waals surface area contributed by atoms with E-state index in [2.05, 4.69) is 10.2 Å². The third-order valence-electron chi connectivity index (χ3n) is 6.54. The van der Waals surface area contributed by atoms with Crippen LogP contribution in [-0.2, 0) is 9.59 Å². The number of benzene rings is 1. The summed E-state index contributed by atoms with van der Waals surface area (Å²) < 4.78 is 0. The van der Waals surface area contributed by atoms with E-state index in [0.717, 1.165) is 36.5 Å². The van der Waals surface area contributed by atoms with Crippen molar-refractivity contribution < 1.29 is 24.3 Å². The van der Waals surface area contributed by atoms with Crippen LogP contribution in [0.2, 0.25) is 0 Å². The Labute approximate surface area is 161 Å². The first-order valence-electron chi connectivity index (χ1n) is 9.63. The summed E-state index contributed by atoms with van der Waals surface area (Å²) in [6, 6.07) is 4.27. The summed E-state index contributed by atoms with van der Waals surface area (Å²) in [5.41, 5.74) is 1.61. The summed E-state index contributed by atoms with van der Waals surface area (Å²) in [5.74, 6) is -1.55. The van der Waals surface area contributed by atoms with E-state index < -0.39 is 23.8 Å². The van der Waals surface area contributed by atoms with Crippen molar-refractivity contribution in [2.75, 3.05) is 24.6 Å². The molecular weight excluding hydrogens is 362 g/mol.